The fraction of sp³-hybridized carbons (Fsp3) is 0.130. The molecule has 0 radical (unpaired) electrons. The number of rotatable bonds is 6. The molecule has 2 heterocycles. The molecule has 164 valence electrons. The maximum Gasteiger partial charge on any atom is 0.281 e. The van der Waals surface area contributed by atoms with E-state index in [-0.39, 0.29) is 5.56 Å². The van der Waals surface area contributed by atoms with E-state index < -0.39 is 0 Å². The summed E-state index contributed by atoms with van der Waals surface area (Å²) in [5.74, 6) is 1.46. The summed E-state index contributed by atoms with van der Waals surface area (Å²) >= 11 is 7.31. The first kappa shape index (κ1) is 21.7. The van der Waals surface area contributed by atoms with Gasteiger partial charge in [0, 0.05) is 16.0 Å². The van der Waals surface area contributed by atoms with Crippen LogP contribution >= 0.6 is 22.9 Å². The zero-order chi connectivity index (χ0) is 22.8. The van der Waals surface area contributed by atoms with Crippen LogP contribution in [-0.4, -0.2) is 36.1 Å². The third-order valence-electron chi connectivity index (χ3n) is 4.83. The number of nitrogens with zero attached hydrogens (tertiary/aromatic N) is 2. The molecule has 7 nitrogen and oxygen atoms in total. The minimum Gasteiger partial charge on any atom is -0.493 e. The zero-order valence-corrected chi connectivity index (χ0v) is 19.2. The van der Waals surface area contributed by atoms with Crippen molar-refractivity contribution in [3.63, 3.8) is 0 Å². The Balaban J connectivity index is 1.78. The van der Waals surface area contributed by atoms with Crippen molar-refractivity contribution in [2.45, 2.75) is 0 Å². The number of benzene rings is 2. The predicted molar refractivity (Wildman–Crippen MR) is 127 cm³/mol. The van der Waals surface area contributed by atoms with E-state index in [0.29, 0.717) is 43.5 Å². The highest BCUT2D eigenvalue weighted by molar-refractivity contribution is 7.12. The SMILES string of the molecule is C=c1[nH]n(-c2nc(-c3ccc(Cl)cc3)cs2)c(=O)/c1=C/c1cc(OC)c(OC)c(OC)c1. The summed E-state index contributed by atoms with van der Waals surface area (Å²) in [4.78, 5) is 17.7. The average molecular weight is 470 g/mol. The van der Waals surface area contributed by atoms with E-state index in [0.717, 1.165) is 11.3 Å². The van der Waals surface area contributed by atoms with E-state index in [2.05, 4.69) is 16.7 Å². The standard InChI is InChI=1S/C23H20ClN3O4S/c1-13-17(9-14-10-19(29-2)21(31-4)20(11-14)30-3)22(28)27(26-13)23-25-18(12-32-23)15-5-7-16(24)8-6-15/h5-12,26H,1H2,2-4H3/b17-9+. The molecule has 4 rings (SSSR count). The Morgan fingerprint density at radius 3 is 2.34 bits per heavy atom. The van der Waals surface area contributed by atoms with Crippen molar-refractivity contribution in [1.82, 2.24) is 14.8 Å². The Morgan fingerprint density at radius 1 is 1.09 bits per heavy atom. The fourth-order valence-corrected chi connectivity index (χ4v) is 4.17. The first-order valence-corrected chi connectivity index (χ1v) is 10.7. The smallest absolute Gasteiger partial charge is 0.281 e. The number of ether oxygens (including phenoxy) is 3. The summed E-state index contributed by atoms with van der Waals surface area (Å²) in [5, 5.41) is 6.92. The summed E-state index contributed by atoms with van der Waals surface area (Å²) in [5.41, 5.74) is 2.11. The van der Waals surface area contributed by atoms with Gasteiger partial charge in [-0.05, 0) is 35.9 Å². The number of halogens is 1. The van der Waals surface area contributed by atoms with Crippen LogP contribution in [0.4, 0.5) is 0 Å². The third-order valence-corrected chi connectivity index (χ3v) is 5.90. The molecule has 0 saturated carbocycles. The van der Waals surface area contributed by atoms with E-state index in [4.69, 9.17) is 25.8 Å². The van der Waals surface area contributed by atoms with Crippen molar-refractivity contribution < 1.29 is 14.2 Å². The van der Waals surface area contributed by atoms with Crippen LogP contribution in [0.2, 0.25) is 5.02 Å². The molecule has 0 saturated heterocycles. The van der Waals surface area contributed by atoms with Crippen LogP contribution in [0.3, 0.4) is 0 Å². The number of aromatic amines is 1. The van der Waals surface area contributed by atoms with Gasteiger partial charge in [-0.15, -0.1) is 11.3 Å². The molecule has 0 aliphatic rings. The molecule has 0 fully saturated rings. The van der Waals surface area contributed by atoms with Crippen molar-refractivity contribution in [3.05, 3.63) is 73.3 Å². The minimum absolute atomic E-state index is 0.263. The number of nitrogens with one attached hydrogen (secondary N) is 1. The van der Waals surface area contributed by atoms with Gasteiger partial charge in [0.15, 0.2) is 11.5 Å². The first-order chi connectivity index (χ1) is 15.4. The molecule has 0 aliphatic heterocycles. The van der Waals surface area contributed by atoms with Gasteiger partial charge in [-0.2, -0.15) is 4.68 Å². The lowest BCUT2D eigenvalue weighted by atomic mass is 10.1. The molecule has 1 N–H and O–H groups in total. The van der Waals surface area contributed by atoms with Crippen molar-refractivity contribution in [2.24, 2.45) is 0 Å². The van der Waals surface area contributed by atoms with E-state index in [9.17, 15) is 4.79 Å². The molecular formula is C23H20ClN3O4S. The van der Waals surface area contributed by atoms with Crippen molar-refractivity contribution in [2.75, 3.05) is 21.3 Å². The molecule has 0 aliphatic carbocycles. The van der Waals surface area contributed by atoms with Crippen molar-refractivity contribution in [1.29, 1.82) is 0 Å². The lowest BCUT2D eigenvalue weighted by Gasteiger charge is -2.12. The molecule has 0 atom stereocenters. The topological polar surface area (TPSA) is 78.4 Å². The number of hydrogen-bond acceptors (Lipinski definition) is 6. The Hall–Kier alpha value is -3.49. The van der Waals surface area contributed by atoms with Crippen molar-refractivity contribution in [3.8, 4) is 33.6 Å². The Labute approximate surface area is 192 Å². The molecule has 9 heteroatoms. The zero-order valence-electron chi connectivity index (χ0n) is 17.6. The van der Waals surface area contributed by atoms with Gasteiger partial charge in [0.1, 0.15) is 0 Å². The largest absolute Gasteiger partial charge is 0.493 e. The second kappa shape index (κ2) is 8.94. The van der Waals surface area contributed by atoms with Gasteiger partial charge < -0.3 is 14.2 Å². The average Bonchev–Trinajstić information content (AvgIpc) is 3.39. The van der Waals surface area contributed by atoms with Crippen LogP contribution in [0, 0.1) is 0 Å². The number of hydrogen-bond donors (Lipinski definition) is 1. The second-order valence-electron chi connectivity index (χ2n) is 6.77. The molecule has 0 unspecified atom stereocenters. The summed E-state index contributed by atoms with van der Waals surface area (Å²) in [6, 6.07) is 10.9. The van der Waals surface area contributed by atoms with E-state index in [1.54, 1.807) is 30.3 Å². The first-order valence-electron chi connectivity index (χ1n) is 9.48. The van der Waals surface area contributed by atoms with E-state index >= 15 is 0 Å². The molecule has 4 aromatic rings. The van der Waals surface area contributed by atoms with Gasteiger partial charge in [0.25, 0.3) is 5.56 Å². The maximum atomic E-state index is 13.1. The molecule has 32 heavy (non-hydrogen) atoms. The summed E-state index contributed by atoms with van der Waals surface area (Å²) in [6.07, 6.45) is 1.72. The van der Waals surface area contributed by atoms with E-state index in [1.165, 1.54) is 37.3 Å². The Bertz CT molecular complexity index is 1410. The summed E-state index contributed by atoms with van der Waals surface area (Å²) in [7, 11) is 4.62. The lowest BCUT2D eigenvalue weighted by molar-refractivity contribution is 0.324. The van der Waals surface area contributed by atoms with Crippen LogP contribution in [0.15, 0.2) is 46.6 Å². The number of methoxy groups -OCH3 is 3. The normalized spacial score (nSPS) is 11.6. The van der Waals surface area contributed by atoms with Gasteiger partial charge in [-0.3, -0.25) is 9.89 Å². The highest BCUT2D eigenvalue weighted by atomic mass is 35.5. The van der Waals surface area contributed by atoms with Gasteiger partial charge in [-0.25, -0.2) is 4.98 Å². The highest BCUT2D eigenvalue weighted by Crippen LogP contribution is 2.38. The Morgan fingerprint density at radius 2 is 1.75 bits per heavy atom. The molecule has 0 spiro atoms. The molecular weight excluding hydrogens is 450 g/mol. The van der Waals surface area contributed by atoms with Gasteiger partial charge in [-0.1, -0.05) is 30.3 Å². The summed E-state index contributed by atoms with van der Waals surface area (Å²) in [6.45, 7) is 3.98. The van der Waals surface area contributed by atoms with Crippen LogP contribution < -0.4 is 30.3 Å². The third kappa shape index (κ3) is 4.02. The fourth-order valence-electron chi connectivity index (χ4n) is 3.25. The Kier molecular flexibility index (Phi) is 6.07. The molecule has 0 bridgehead atoms. The predicted octanol–water partition coefficient (Wildman–Crippen LogP) is 3.21. The lowest BCUT2D eigenvalue weighted by Crippen LogP contribution is -2.33. The van der Waals surface area contributed by atoms with Gasteiger partial charge in [0.05, 0.1) is 37.6 Å². The number of thiazole rings is 1. The molecule has 2 aromatic heterocycles. The molecule has 2 aromatic carbocycles. The van der Waals surface area contributed by atoms with Gasteiger partial charge >= 0.3 is 0 Å². The van der Waals surface area contributed by atoms with Crippen LogP contribution in [0.1, 0.15) is 5.56 Å². The van der Waals surface area contributed by atoms with Crippen LogP contribution in [0.25, 0.3) is 29.0 Å². The summed E-state index contributed by atoms with van der Waals surface area (Å²) < 4.78 is 17.5. The number of aromatic nitrogens is 3. The minimum atomic E-state index is -0.263. The molecule has 0 amide bonds. The second-order valence-corrected chi connectivity index (χ2v) is 8.04. The van der Waals surface area contributed by atoms with E-state index in [1.807, 2.05) is 17.5 Å². The van der Waals surface area contributed by atoms with Crippen LogP contribution in [0.5, 0.6) is 17.2 Å². The maximum absolute atomic E-state index is 13.1. The quantitative estimate of drug-likeness (QED) is 0.469. The van der Waals surface area contributed by atoms with Gasteiger partial charge in [0.2, 0.25) is 10.9 Å². The van der Waals surface area contributed by atoms with Crippen LogP contribution in [-0.2, 0) is 0 Å². The van der Waals surface area contributed by atoms with Crippen molar-refractivity contribution >= 4 is 35.6 Å². The monoisotopic (exact) mass is 469 g/mol. The number of H-pyrrole nitrogens is 1. The highest BCUT2D eigenvalue weighted by Gasteiger charge is 2.14.